The molecule has 1 fully saturated rings. The minimum absolute atomic E-state index is 0.0918. The predicted molar refractivity (Wildman–Crippen MR) is 102 cm³/mol. The zero-order chi connectivity index (χ0) is 18.6. The highest BCUT2D eigenvalue weighted by Crippen LogP contribution is 2.42. The van der Waals surface area contributed by atoms with Gasteiger partial charge in [0.15, 0.2) is 11.9 Å². The Hall–Kier alpha value is -3.11. The summed E-state index contributed by atoms with van der Waals surface area (Å²) in [6, 6.07) is 24.9. The van der Waals surface area contributed by atoms with Crippen molar-refractivity contribution >= 4 is 5.78 Å². The van der Waals surface area contributed by atoms with E-state index in [0.717, 1.165) is 11.1 Å². The summed E-state index contributed by atoms with van der Waals surface area (Å²) < 4.78 is 16.9. The third-order valence-electron chi connectivity index (χ3n) is 4.57. The van der Waals surface area contributed by atoms with Crippen molar-refractivity contribution in [3.8, 4) is 11.5 Å². The number of benzene rings is 3. The van der Waals surface area contributed by atoms with Crippen molar-refractivity contribution in [2.24, 2.45) is 0 Å². The average Bonchev–Trinajstić information content (AvgIpc) is 3.54. The largest absolute Gasteiger partial charge is 0.497 e. The second-order valence-corrected chi connectivity index (χ2v) is 6.39. The summed E-state index contributed by atoms with van der Waals surface area (Å²) in [4.78, 5) is 13.0. The molecule has 0 bridgehead atoms. The molecule has 0 radical (unpaired) electrons. The first-order valence-corrected chi connectivity index (χ1v) is 8.85. The maximum absolute atomic E-state index is 13.0. The summed E-state index contributed by atoms with van der Waals surface area (Å²) in [5, 5.41) is 0. The summed E-state index contributed by atoms with van der Waals surface area (Å²) >= 11 is 0. The third kappa shape index (κ3) is 3.86. The molecular weight excluding hydrogens is 340 g/mol. The summed E-state index contributed by atoms with van der Waals surface area (Å²) in [7, 11) is 1.58. The summed E-state index contributed by atoms with van der Waals surface area (Å²) in [6.45, 7) is 0.390. The SMILES string of the molecule is COc1ccc(OCc2ccccc2)c(C(=O)C2OC2c2ccccc2)c1. The molecule has 4 rings (SSSR count). The Morgan fingerprint density at radius 3 is 2.37 bits per heavy atom. The quantitative estimate of drug-likeness (QED) is 0.456. The fourth-order valence-corrected chi connectivity index (χ4v) is 3.05. The van der Waals surface area contributed by atoms with Gasteiger partial charge in [-0.25, -0.2) is 0 Å². The second-order valence-electron chi connectivity index (χ2n) is 6.39. The topological polar surface area (TPSA) is 48.1 Å². The Kier molecular flexibility index (Phi) is 4.90. The molecule has 4 heteroatoms. The van der Waals surface area contributed by atoms with Gasteiger partial charge in [-0.2, -0.15) is 0 Å². The minimum Gasteiger partial charge on any atom is -0.497 e. The number of hydrogen-bond acceptors (Lipinski definition) is 4. The van der Waals surface area contributed by atoms with Crippen molar-refractivity contribution < 1.29 is 19.0 Å². The number of ether oxygens (including phenoxy) is 3. The van der Waals surface area contributed by atoms with E-state index in [1.807, 2.05) is 60.7 Å². The molecule has 1 heterocycles. The van der Waals surface area contributed by atoms with Gasteiger partial charge in [-0.3, -0.25) is 4.79 Å². The highest BCUT2D eigenvalue weighted by atomic mass is 16.6. The first-order chi connectivity index (χ1) is 13.3. The standard InChI is InChI=1S/C23H20O4/c1-25-18-12-13-20(26-15-16-8-4-2-5-9-16)19(14-18)21(24)23-22(27-23)17-10-6-3-7-11-17/h2-14,22-23H,15H2,1H3. The molecule has 1 saturated heterocycles. The average molecular weight is 360 g/mol. The van der Waals surface area contributed by atoms with Crippen LogP contribution in [-0.4, -0.2) is 19.0 Å². The molecule has 136 valence electrons. The molecule has 2 unspecified atom stereocenters. The second kappa shape index (κ2) is 7.64. The lowest BCUT2D eigenvalue weighted by Gasteiger charge is -2.12. The lowest BCUT2D eigenvalue weighted by molar-refractivity contribution is 0.0949. The van der Waals surface area contributed by atoms with E-state index in [0.29, 0.717) is 23.7 Å². The molecule has 4 nitrogen and oxygen atoms in total. The number of rotatable bonds is 7. The van der Waals surface area contributed by atoms with Gasteiger partial charge in [-0.05, 0) is 29.3 Å². The molecule has 3 aromatic rings. The van der Waals surface area contributed by atoms with Gasteiger partial charge in [0.05, 0.1) is 12.7 Å². The molecule has 3 aromatic carbocycles. The van der Waals surface area contributed by atoms with Crippen LogP contribution >= 0.6 is 0 Å². The molecule has 0 spiro atoms. The molecule has 1 aliphatic heterocycles. The molecule has 2 atom stereocenters. The van der Waals surface area contributed by atoms with Gasteiger partial charge < -0.3 is 14.2 Å². The fourth-order valence-electron chi connectivity index (χ4n) is 3.05. The van der Waals surface area contributed by atoms with Crippen LogP contribution in [0.3, 0.4) is 0 Å². The van der Waals surface area contributed by atoms with Crippen molar-refractivity contribution in [2.75, 3.05) is 7.11 Å². The fraction of sp³-hybridized carbons (Fsp3) is 0.174. The third-order valence-corrected chi connectivity index (χ3v) is 4.57. The van der Waals surface area contributed by atoms with E-state index in [-0.39, 0.29) is 11.9 Å². The van der Waals surface area contributed by atoms with E-state index >= 15 is 0 Å². The first-order valence-electron chi connectivity index (χ1n) is 8.85. The van der Waals surface area contributed by atoms with E-state index < -0.39 is 6.10 Å². The number of carbonyl (C=O) groups is 1. The minimum atomic E-state index is -0.487. The van der Waals surface area contributed by atoms with Crippen molar-refractivity contribution in [1.29, 1.82) is 0 Å². The number of methoxy groups -OCH3 is 1. The van der Waals surface area contributed by atoms with E-state index in [4.69, 9.17) is 14.2 Å². The van der Waals surface area contributed by atoms with Gasteiger partial charge in [0, 0.05) is 0 Å². The molecule has 0 aromatic heterocycles. The predicted octanol–water partition coefficient (Wildman–Crippen LogP) is 4.60. The molecule has 27 heavy (non-hydrogen) atoms. The number of hydrogen-bond donors (Lipinski definition) is 0. The van der Waals surface area contributed by atoms with Crippen LogP contribution < -0.4 is 9.47 Å². The van der Waals surface area contributed by atoms with Gasteiger partial charge in [0.2, 0.25) is 0 Å². The maximum atomic E-state index is 13.0. The summed E-state index contributed by atoms with van der Waals surface area (Å²) in [5.74, 6) is 1.06. The van der Waals surface area contributed by atoms with Gasteiger partial charge in [0.1, 0.15) is 24.2 Å². The lowest BCUT2D eigenvalue weighted by atomic mass is 10.0. The summed E-state index contributed by atoms with van der Waals surface area (Å²) in [5.41, 5.74) is 2.52. The molecule has 1 aliphatic rings. The first kappa shape index (κ1) is 17.3. The van der Waals surface area contributed by atoms with Crippen LogP contribution in [0.5, 0.6) is 11.5 Å². The number of epoxide rings is 1. The van der Waals surface area contributed by atoms with Crippen LogP contribution in [0.4, 0.5) is 0 Å². The van der Waals surface area contributed by atoms with Crippen molar-refractivity contribution in [3.63, 3.8) is 0 Å². The number of Topliss-reactive ketones (excluding diaryl/α,β-unsaturated/α-hetero) is 1. The van der Waals surface area contributed by atoms with Crippen molar-refractivity contribution in [1.82, 2.24) is 0 Å². The normalized spacial score (nSPS) is 18.0. The monoisotopic (exact) mass is 360 g/mol. The smallest absolute Gasteiger partial charge is 0.198 e. The highest BCUT2D eigenvalue weighted by molar-refractivity contribution is 6.04. The molecular formula is C23H20O4. The zero-order valence-electron chi connectivity index (χ0n) is 15.0. The Labute approximate surface area is 158 Å². The van der Waals surface area contributed by atoms with Gasteiger partial charge in [0.25, 0.3) is 0 Å². The van der Waals surface area contributed by atoms with Crippen LogP contribution in [0.2, 0.25) is 0 Å². The highest BCUT2D eigenvalue weighted by Gasteiger charge is 2.46. The van der Waals surface area contributed by atoms with E-state index in [9.17, 15) is 4.79 Å². The van der Waals surface area contributed by atoms with Crippen LogP contribution in [0.15, 0.2) is 78.9 Å². The van der Waals surface area contributed by atoms with Crippen molar-refractivity contribution in [2.45, 2.75) is 18.8 Å². The van der Waals surface area contributed by atoms with Crippen LogP contribution in [0.1, 0.15) is 27.6 Å². The van der Waals surface area contributed by atoms with E-state index in [2.05, 4.69) is 0 Å². The Balaban J connectivity index is 1.54. The molecule has 0 saturated carbocycles. The Morgan fingerprint density at radius 2 is 1.67 bits per heavy atom. The van der Waals surface area contributed by atoms with Crippen molar-refractivity contribution in [3.05, 3.63) is 95.6 Å². The van der Waals surface area contributed by atoms with Gasteiger partial charge in [-0.1, -0.05) is 60.7 Å². The van der Waals surface area contributed by atoms with Gasteiger partial charge in [-0.15, -0.1) is 0 Å². The van der Waals surface area contributed by atoms with E-state index in [1.54, 1.807) is 25.3 Å². The molecule has 0 aliphatic carbocycles. The Bertz CT molecular complexity index is 922. The Morgan fingerprint density at radius 1 is 0.963 bits per heavy atom. The molecule has 0 N–H and O–H groups in total. The van der Waals surface area contributed by atoms with E-state index in [1.165, 1.54) is 0 Å². The van der Waals surface area contributed by atoms with Crippen LogP contribution in [0, 0.1) is 0 Å². The number of ketones is 1. The van der Waals surface area contributed by atoms with Gasteiger partial charge >= 0.3 is 0 Å². The number of carbonyl (C=O) groups excluding carboxylic acids is 1. The molecule has 0 amide bonds. The maximum Gasteiger partial charge on any atom is 0.198 e. The lowest BCUT2D eigenvalue weighted by Crippen LogP contribution is -2.11. The summed E-state index contributed by atoms with van der Waals surface area (Å²) in [6.07, 6.45) is -0.689. The van der Waals surface area contributed by atoms with Crippen LogP contribution in [0.25, 0.3) is 0 Å². The zero-order valence-corrected chi connectivity index (χ0v) is 15.0. The van der Waals surface area contributed by atoms with Crippen LogP contribution in [-0.2, 0) is 11.3 Å².